The second-order valence-electron chi connectivity index (χ2n) is 9.50. The Bertz CT molecular complexity index is 1370. The molecular formula is C29H32N4O12. The van der Waals surface area contributed by atoms with Crippen molar-refractivity contribution >= 4 is 30.0 Å². The van der Waals surface area contributed by atoms with Crippen LogP contribution in [0.3, 0.4) is 0 Å². The van der Waals surface area contributed by atoms with Gasteiger partial charge >= 0.3 is 30.0 Å². The number of benzene rings is 2. The van der Waals surface area contributed by atoms with Gasteiger partial charge in [-0.05, 0) is 16.7 Å². The smallest absolute Gasteiger partial charge is 0.409 e. The summed E-state index contributed by atoms with van der Waals surface area (Å²) in [6.07, 6.45) is -9.07. The number of carbonyl (C=O) groups excluding carboxylic acids is 5. The number of carbonyl (C=O) groups is 5. The van der Waals surface area contributed by atoms with Crippen molar-refractivity contribution in [2.45, 2.75) is 70.9 Å². The van der Waals surface area contributed by atoms with Crippen LogP contribution in [-0.2, 0) is 65.5 Å². The average molecular weight is 629 g/mol. The van der Waals surface area contributed by atoms with Crippen LogP contribution in [0.15, 0.2) is 65.8 Å². The fourth-order valence-corrected chi connectivity index (χ4v) is 4.14. The Morgan fingerprint density at radius 2 is 1.38 bits per heavy atom. The zero-order valence-electron chi connectivity index (χ0n) is 24.6. The summed E-state index contributed by atoms with van der Waals surface area (Å²) < 4.78 is 37.9. The molecule has 1 saturated heterocycles. The van der Waals surface area contributed by atoms with Gasteiger partial charge in [-0.15, -0.1) is 0 Å². The lowest BCUT2D eigenvalue weighted by molar-refractivity contribution is -0.285. The molecule has 2 aromatic carbocycles. The van der Waals surface area contributed by atoms with Gasteiger partial charge in [0.25, 0.3) is 0 Å². The summed E-state index contributed by atoms with van der Waals surface area (Å²) in [5.74, 6) is -3.49. The van der Waals surface area contributed by atoms with Crippen LogP contribution >= 0.6 is 0 Å². The summed E-state index contributed by atoms with van der Waals surface area (Å²) in [7, 11) is 0. The predicted octanol–water partition coefficient (Wildman–Crippen LogP) is 2.83. The van der Waals surface area contributed by atoms with Crippen LogP contribution < -0.4 is 5.32 Å². The maximum absolute atomic E-state index is 13.2. The SMILES string of the molecule is CC(=O)OC[C@H]1O[C@H](O[C@H](NC(=O)OCc2ccccc2)C(=O)OCc2ccccc2)[C@H](N=[N+]=[N-])[C@@H](OC(C)=O)[C@H]1OC(C)=O. The number of ether oxygens (including phenoxy) is 7. The first kappa shape index (κ1) is 34.3. The van der Waals surface area contributed by atoms with Gasteiger partial charge in [-0.1, -0.05) is 65.8 Å². The molecule has 16 nitrogen and oxygen atoms in total. The molecule has 0 bridgehead atoms. The molecule has 0 unspecified atom stereocenters. The molecule has 0 radical (unpaired) electrons. The molecule has 0 aromatic heterocycles. The lowest BCUT2D eigenvalue weighted by atomic mass is 9.96. The number of amides is 1. The van der Waals surface area contributed by atoms with Crippen molar-refractivity contribution in [1.29, 1.82) is 0 Å². The molecule has 1 amide bonds. The van der Waals surface area contributed by atoms with Gasteiger partial charge in [-0.2, -0.15) is 0 Å². The van der Waals surface area contributed by atoms with Crippen molar-refractivity contribution in [3.8, 4) is 0 Å². The number of rotatable bonds is 13. The Kier molecular flexibility index (Phi) is 13.1. The third-order valence-electron chi connectivity index (χ3n) is 6.02. The molecule has 16 heteroatoms. The van der Waals surface area contributed by atoms with E-state index in [1.807, 2.05) is 0 Å². The number of nitrogens with one attached hydrogen (secondary N) is 1. The van der Waals surface area contributed by atoms with Gasteiger partial charge in [0.1, 0.15) is 32.0 Å². The van der Waals surface area contributed by atoms with E-state index in [0.717, 1.165) is 20.8 Å². The summed E-state index contributed by atoms with van der Waals surface area (Å²) in [6, 6.07) is 15.8. The van der Waals surface area contributed by atoms with Crippen molar-refractivity contribution < 1.29 is 57.1 Å². The van der Waals surface area contributed by atoms with Gasteiger partial charge in [0.15, 0.2) is 18.5 Å². The molecular weight excluding hydrogens is 596 g/mol. The molecule has 240 valence electrons. The lowest BCUT2D eigenvalue weighted by Crippen LogP contribution is -2.62. The first-order chi connectivity index (χ1) is 21.6. The highest BCUT2D eigenvalue weighted by Crippen LogP contribution is 2.30. The highest BCUT2D eigenvalue weighted by molar-refractivity contribution is 5.80. The van der Waals surface area contributed by atoms with Gasteiger partial charge in [-0.25, -0.2) is 9.59 Å². The molecule has 1 heterocycles. The zero-order valence-corrected chi connectivity index (χ0v) is 24.6. The maximum atomic E-state index is 13.2. The van der Waals surface area contributed by atoms with E-state index in [0.29, 0.717) is 11.1 Å². The quantitative estimate of drug-likeness (QED) is 0.0847. The number of hydrogen-bond acceptors (Lipinski definition) is 13. The summed E-state index contributed by atoms with van der Waals surface area (Å²) in [5, 5.41) is 5.85. The predicted molar refractivity (Wildman–Crippen MR) is 150 cm³/mol. The summed E-state index contributed by atoms with van der Waals surface area (Å²) in [5.41, 5.74) is 10.6. The fraction of sp³-hybridized carbons (Fsp3) is 0.414. The van der Waals surface area contributed by atoms with E-state index < -0.39 is 73.4 Å². The van der Waals surface area contributed by atoms with Crippen LogP contribution in [0.4, 0.5) is 4.79 Å². The van der Waals surface area contributed by atoms with Gasteiger partial charge < -0.3 is 33.2 Å². The largest absolute Gasteiger partial charge is 0.463 e. The third kappa shape index (κ3) is 11.1. The van der Waals surface area contributed by atoms with E-state index in [4.69, 9.17) is 33.2 Å². The van der Waals surface area contributed by atoms with Crippen LogP contribution in [0.5, 0.6) is 0 Å². The molecule has 1 fully saturated rings. The number of hydrogen-bond donors (Lipinski definition) is 1. The molecule has 1 aliphatic rings. The molecule has 0 spiro atoms. The van der Waals surface area contributed by atoms with Crippen molar-refractivity contribution in [3.05, 3.63) is 82.2 Å². The van der Waals surface area contributed by atoms with Crippen molar-refractivity contribution in [1.82, 2.24) is 5.32 Å². The second kappa shape index (κ2) is 17.2. The normalized spacial score (nSPS) is 21.2. The van der Waals surface area contributed by atoms with Gasteiger partial charge in [0, 0.05) is 25.7 Å². The number of azide groups is 1. The minimum absolute atomic E-state index is 0.150. The van der Waals surface area contributed by atoms with Crippen LogP contribution in [-0.4, -0.2) is 73.4 Å². The number of nitrogens with zero attached hydrogens (tertiary/aromatic N) is 3. The molecule has 45 heavy (non-hydrogen) atoms. The first-order valence-corrected chi connectivity index (χ1v) is 13.6. The maximum Gasteiger partial charge on any atom is 0.409 e. The second-order valence-corrected chi connectivity index (χ2v) is 9.50. The van der Waals surface area contributed by atoms with Crippen LogP contribution in [0.1, 0.15) is 31.9 Å². The van der Waals surface area contributed by atoms with Gasteiger partial charge in [0.2, 0.25) is 6.23 Å². The van der Waals surface area contributed by atoms with Gasteiger partial charge in [0.05, 0.1) is 0 Å². The average Bonchev–Trinajstić information content (AvgIpc) is 3.01. The summed E-state index contributed by atoms with van der Waals surface area (Å²) >= 11 is 0. The number of alkyl carbamates (subject to hydrolysis) is 1. The first-order valence-electron chi connectivity index (χ1n) is 13.6. The minimum atomic E-state index is -1.92. The van der Waals surface area contributed by atoms with Crippen LogP contribution in [0.25, 0.3) is 10.4 Å². The van der Waals surface area contributed by atoms with Crippen LogP contribution in [0, 0.1) is 0 Å². The fourth-order valence-electron chi connectivity index (χ4n) is 4.14. The van der Waals surface area contributed by atoms with E-state index in [9.17, 15) is 29.5 Å². The van der Waals surface area contributed by atoms with Crippen molar-refractivity contribution in [2.75, 3.05) is 6.61 Å². The van der Waals surface area contributed by atoms with E-state index in [-0.39, 0.29) is 13.2 Å². The highest BCUT2D eigenvalue weighted by Gasteiger charge is 2.52. The Balaban J connectivity index is 1.91. The summed E-state index contributed by atoms with van der Waals surface area (Å²) in [4.78, 5) is 64.3. The van der Waals surface area contributed by atoms with Gasteiger partial charge in [-0.3, -0.25) is 19.7 Å². The van der Waals surface area contributed by atoms with E-state index in [1.54, 1.807) is 60.7 Å². The Hall–Kier alpha value is -5.18. The van der Waals surface area contributed by atoms with E-state index >= 15 is 0 Å². The molecule has 0 saturated carbocycles. The highest BCUT2D eigenvalue weighted by atomic mass is 16.7. The van der Waals surface area contributed by atoms with Crippen LogP contribution in [0.2, 0.25) is 0 Å². The number of esters is 4. The topological polar surface area (TPSA) is 211 Å². The van der Waals surface area contributed by atoms with Crippen molar-refractivity contribution in [3.63, 3.8) is 0 Å². The standard InChI is InChI=1S/C29H32N4O12/c1-17(34)39-16-22-24(42-18(2)35)25(43-19(3)36)23(32-33-30)28(44-22)45-26(27(37)40-14-20-10-6-4-7-11-20)31-29(38)41-15-21-12-8-5-9-13-21/h4-13,22-26,28H,14-16H2,1-3H3,(H,31,38)/t22-,23-,24+,25-,26+,28-/m1/s1. The zero-order chi connectivity index (χ0) is 32.8. The Morgan fingerprint density at radius 3 is 1.91 bits per heavy atom. The third-order valence-corrected chi connectivity index (χ3v) is 6.02. The molecule has 3 rings (SSSR count). The monoisotopic (exact) mass is 628 g/mol. The summed E-state index contributed by atoms with van der Waals surface area (Å²) in [6.45, 7) is 2.37. The molecule has 1 N–H and O–H groups in total. The van der Waals surface area contributed by atoms with E-state index in [2.05, 4.69) is 15.3 Å². The van der Waals surface area contributed by atoms with Crippen molar-refractivity contribution in [2.24, 2.45) is 5.11 Å². The Labute approximate surface area is 257 Å². The Morgan fingerprint density at radius 1 is 0.822 bits per heavy atom. The van der Waals surface area contributed by atoms with E-state index in [1.165, 1.54) is 0 Å². The minimum Gasteiger partial charge on any atom is -0.463 e. The molecule has 1 aliphatic heterocycles. The lowest BCUT2D eigenvalue weighted by Gasteiger charge is -2.43. The molecule has 2 aromatic rings. The molecule has 6 atom stereocenters. The molecule has 0 aliphatic carbocycles.